The molecule has 0 unspecified atom stereocenters. The lowest BCUT2D eigenvalue weighted by Crippen LogP contribution is -2.07. The van der Waals surface area contributed by atoms with Gasteiger partial charge < -0.3 is 10.5 Å². The highest BCUT2D eigenvalue weighted by atomic mass is 16.6. The Morgan fingerprint density at radius 2 is 2.25 bits per heavy atom. The largest absolute Gasteiger partial charge is 0.465 e. The van der Waals surface area contributed by atoms with E-state index in [4.69, 9.17) is 11.0 Å². The molecule has 0 aliphatic rings. The molecule has 7 heteroatoms. The number of nitrogens with zero attached hydrogens (tertiary/aromatic N) is 2. The number of benzene rings is 1. The Bertz CT molecular complexity index is 504. The number of esters is 1. The van der Waals surface area contributed by atoms with E-state index in [1.165, 1.54) is 0 Å². The molecule has 0 saturated carbocycles. The fourth-order valence-corrected chi connectivity index (χ4v) is 1.13. The van der Waals surface area contributed by atoms with Crippen molar-refractivity contribution in [1.82, 2.24) is 0 Å². The number of nitro benzene ring substituents is 1. The van der Waals surface area contributed by atoms with Gasteiger partial charge in [-0.2, -0.15) is 5.26 Å². The van der Waals surface area contributed by atoms with E-state index in [0.29, 0.717) is 0 Å². The van der Waals surface area contributed by atoms with Gasteiger partial charge in [-0.1, -0.05) is 0 Å². The molecule has 0 fully saturated rings. The highest BCUT2D eigenvalue weighted by Gasteiger charge is 2.23. The summed E-state index contributed by atoms with van der Waals surface area (Å²) in [6.07, 6.45) is 0. The summed E-state index contributed by atoms with van der Waals surface area (Å²) in [4.78, 5) is 21.1. The molecule has 0 aromatic heterocycles. The van der Waals surface area contributed by atoms with Gasteiger partial charge in [-0.05, 0) is 6.07 Å². The molecule has 0 aliphatic heterocycles. The van der Waals surface area contributed by atoms with E-state index < -0.39 is 16.6 Å². The lowest BCUT2D eigenvalue weighted by Gasteiger charge is -2.03. The summed E-state index contributed by atoms with van der Waals surface area (Å²) in [6.45, 7) is 0. The van der Waals surface area contributed by atoms with E-state index in [2.05, 4.69) is 4.74 Å². The second-order valence-corrected chi connectivity index (χ2v) is 2.82. The SMILES string of the molecule is COC(=O)c1cc(N)c(C#N)cc1[N+](=O)[O-]. The Hall–Kier alpha value is -2.62. The summed E-state index contributed by atoms with van der Waals surface area (Å²) in [7, 11) is 1.10. The third kappa shape index (κ3) is 1.90. The van der Waals surface area contributed by atoms with Crippen LogP contribution in [0.15, 0.2) is 12.1 Å². The van der Waals surface area contributed by atoms with E-state index in [1.54, 1.807) is 6.07 Å². The summed E-state index contributed by atoms with van der Waals surface area (Å²) in [5.74, 6) is -0.872. The zero-order valence-electron chi connectivity index (χ0n) is 8.26. The van der Waals surface area contributed by atoms with Gasteiger partial charge in [0.1, 0.15) is 11.6 Å². The first kappa shape index (κ1) is 11.5. The Morgan fingerprint density at radius 3 is 2.69 bits per heavy atom. The van der Waals surface area contributed by atoms with Crippen LogP contribution in [0.2, 0.25) is 0 Å². The molecule has 82 valence electrons. The molecule has 1 aromatic rings. The van der Waals surface area contributed by atoms with Crippen molar-refractivity contribution >= 4 is 17.3 Å². The predicted molar refractivity (Wildman–Crippen MR) is 53.6 cm³/mol. The van der Waals surface area contributed by atoms with Crippen molar-refractivity contribution in [2.24, 2.45) is 0 Å². The maximum atomic E-state index is 11.2. The van der Waals surface area contributed by atoms with E-state index in [0.717, 1.165) is 19.2 Å². The van der Waals surface area contributed by atoms with Crippen LogP contribution < -0.4 is 5.73 Å². The molecule has 1 aromatic carbocycles. The van der Waals surface area contributed by atoms with Crippen molar-refractivity contribution in [3.8, 4) is 6.07 Å². The number of ether oxygens (including phenoxy) is 1. The number of rotatable bonds is 2. The van der Waals surface area contributed by atoms with Gasteiger partial charge in [0.05, 0.1) is 23.3 Å². The first-order chi connectivity index (χ1) is 7.51. The maximum Gasteiger partial charge on any atom is 0.344 e. The molecule has 2 N–H and O–H groups in total. The van der Waals surface area contributed by atoms with Crippen molar-refractivity contribution in [1.29, 1.82) is 5.26 Å². The van der Waals surface area contributed by atoms with Crippen molar-refractivity contribution < 1.29 is 14.5 Å². The monoisotopic (exact) mass is 221 g/mol. The topological polar surface area (TPSA) is 119 Å². The fraction of sp³-hybridized carbons (Fsp3) is 0.111. The first-order valence-electron chi connectivity index (χ1n) is 4.07. The van der Waals surface area contributed by atoms with Crippen molar-refractivity contribution in [3.63, 3.8) is 0 Å². The number of hydrogen-bond donors (Lipinski definition) is 1. The lowest BCUT2D eigenvalue weighted by molar-refractivity contribution is -0.385. The van der Waals surface area contributed by atoms with Crippen LogP contribution >= 0.6 is 0 Å². The van der Waals surface area contributed by atoms with E-state index >= 15 is 0 Å². The molecule has 0 aliphatic carbocycles. The van der Waals surface area contributed by atoms with Crippen molar-refractivity contribution in [2.45, 2.75) is 0 Å². The molecule has 0 heterocycles. The minimum Gasteiger partial charge on any atom is -0.465 e. The Morgan fingerprint density at radius 1 is 1.62 bits per heavy atom. The van der Waals surface area contributed by atoms with Crippen LogP contribution in [-0.2, 0) is 4.74 Å². The number of nitriles is 1. The molecule has 0 radical (unpaired) electrons. The third-order valence-corrected chi connectivity index (χ3v) is 1.89. The number of hydrogen-bond acceptors (Lipinski definition) is 6. The highest BCUT2D eigenvalue weighted by molar-refractivity contribution is 5.95. The number of nitrogens with two attached hydrogens (primary N) is 1. The standard InChI is InChI=1S/C9H7N3O4/c1-16-9(13)6-3-7(11)5(4-10)2-8(6)12(14)15/h2-3H,11H2,1H3. The van der Waals surface area contributed by atoms with Crippen LogP contribution in [0.25, 0.3) is 0 Å². The molecule has 0 atom stereocenters. The first-order valence-corrected chi connectivity index (χ1v) is 4.07. The second-order valence-electron chi connectivity index (χ2n) is 2.82. The quantitative estimate of drug-likeness (QED) is 0.342. The lowest BCUT2D eigenvalue weighted by atomic mass is 10.1. The van der Waals surface area contributed by atoms with Crippen molar-refractivity contribution in [2.75, 3.05) is 12.8 Å². The summed E-state index contributed by atoms with van der Waals surface area (Å²) < 4.78 is 4.37. The average Bonchev–Trinajstić information content (AvgIpc) is 2.27. The van der Waals surface area contributed by atoms with Gasteiger partial charge in [0.15, 0.2) is 0 Å². The number of methoxy groups -OCH3 is 1. The fourth-order valence-electron chi connectivity index (χ4n) is 1.13. The Labute approximate surface area is 90.2 Å². The number of carbonyl (C=O) groups is 1. The zero-order chi connectivity index (χ0) is 12.3. The van der Waals surface area contributed by atoms with E-state index in [-0.39, 0.29) is 16.8 Å². The Balaban J connectivity index is 3.49. The summed E-state index contributed by atoms with van der Waals surface area (Å²) >= 11 is 0. The van der Waals surface area contributed by atoms with Gasteiger partial charge in [-0.3, -0.25) is 10.1 Å². The van der Waals surface area contributed by atoms with Crippen LogP contribution in [0.4, 0.5) is 11.4 Å². The number of nitro groups is 1. The van der Waals surface area contributed by atoms with Crippen LogP contribution in [-0.4, -0.2) is 18.0 Å². The minimum atomic E-state index is -0.872. The molecule has 0 spiro atoms. The molecular formula is C9H7N3O4. The highest BCUT2D eigenvalue weighted by Crippen LogP contribution is 2.25. The molecule has 0 saturated heterocycles. The molecule has 1 rings (SSSR count). The van der Waals surface area contributed by atoms with Crippen LogP contribution in [0.1, 0.15) is 15.9 Å². The van der Waals surface area contributed by atoms with Crippen molar-refractivity contribution in [3.05, 3.63) is 33.4 Å². The molecule has 7 nitrogen and oxygen atoms in total. The second kappa shape index (κ2) is 4.27. The summed E-state index contributed by atoms with van der Waals surface area (Å²) in [5.41, 5.74) is 4.60. The predicted octanol–water partition coefficient (Wildman–Crippen LogP) is 0.835. The Kier molecular flexibility index (Phi) is 3.06. The number of nitrogen functional groups attached to an aromatic ring is 1. The molecular weight excluding hydrogens is 214 g/mol. The van der Waals surface area contributed by atoms with Crippen LogP contribution in [0.5, 0.6) is 0 Å². The van der Waals surface area contributed by atoms with Gasteiger partial charge in [0.2, 0.25) is 0 Å². The molecule has 0 amide bonds. The summed E-state index contributed by atoms with van der Waals surface area (Å²) in [6, 6.07) is 3.70. The average molecular weight is 221 g/mol. The molecule has 0 bridgehead atoms. The van der Waals surface area contributed by atoms with E-state index in [9.17, 15) is 14.9 Å². The smallest absolute Gasteiger partial charge is 0.344 e. The molecule has 16 heavy (non-hydrogen) atoms. The van der Waals surface area contributed by atoms with Gasteiger partial charge in [0, 0.05) is 6.07 Å². The normalized spacial score (nSPS) is 9.25. The van der Waals surface area contributed by atoms with Gasteiger partial charge in [-0.25, -0.2) is 4.79 Å². The minimum absolute atomic E-state index is 0.00602. The zero-order valence-corrected chi connectivity index (χ0v) is 8.26. The van der Waals surface area contributed by atoms with Gasteiger partial charge >= 0.3 is 5.97 Å². The number of carbonyl (C=O) groups excluding carboxylic acids is 1. The maximum absolute atomic E-state index is 11.2. The summed E-state index contributed by atoms with van der Waals surface area (Å²) in [5, 5.41) is 19.3. The van der Waals surface area contributed by atoms with Gasteiger partial charge in [0.25, 0.3) is 5.69 Å². The third-order valence-electron chi connectivity index (χ3n) is 1.89. The number of anilines is 1. The van der Waals surface area contributed by atoms with E-state index in [1.807, 2.05) is 0 Å². The van der Waals surface area contributed by atoms with Crippen LogP contribution in [0.3, 0.4) is 0 Å². The van der Waals surface area contributed by atoms with Crippen LogP contribution in [0, 0.1) is 21.4 Å². The van der Waals surface area contributed by atoms with Gasteiger partial charge in [-0.15, -0.1) is 0 Å².